The van der Waals surface area contributed by atoms with Crippen molar-refractivity contribution in [3.05, 3.63) is 83.4 Å². The first-order chi connectivity index (χ1) is 39.6. The smallest absolute Gasteiger partial charge is 0.296 e. The van der Waals surface area contributed by atoms with E-state index in [1.54, 1.807) is 31.2 Å². The Bertz CT molecular complexity index is 4910. The standard InChI is InChI=1S/C46H42N10O21S8/c1-24-16-32(51-54-41-25(2)29(23-47)44-48-30-8-3-4-9-35(30)56(44)45(41)57)36(76-10-5-13-80(58,59)60)20-31(24)50-53-34-21-37(77-11-6-14-81(61,62)63)33(22-38(34)78-12-7-15-82(64,65)66)52-55-46-49-42-40(85(73,74)75)19-27-28(43(42)79-46)17-26(83(67,68)69)18-39(27)84(70,71)72/h3-4,8-9,16-22,57H,5-7,10-15H2,1-2H3,(H,58,59,60)(H,61,62,63)(H,64,65,66)(H,67,68,69)(H,70,71,72)(H,73,74,75). The van der Waals surface area contributed by atoms with E-state index in [2.05, 4.69) is 46.7 Å². The van der Waals surface area contributed by atoms with E-state index in [1.807, 2.05) is 0 Å². The highest BCUT2D eigenvalue weighted by molar-refractivity contribution is 7.99. The number of azo groups is 3. The van der Waals surface area contributed by atoms with E-state index in [-0.39, 0.29) is 97.9 Å². The number of ether oxygens (including phenoxy) is 2. The molecule has 0 aliphatic rings. The number of rotatable bonds is 24. The van der Waals surface area contributed by atoms with E-state index in [9.17, 15) is 88.2 Å². The highest BCUT2D eigenvalue weighted by atomic mass is 32.2. The summed E-state index contributed by atoms with van der Waals surface area (Å²) in [4.78, 5) is 5.47. The number of aryl methyl sites for hydroxylation is 1. The lowest BCUT2D eigenvalue weighted by Crippen LogP contribution is -2.08. The molecule has 0 spiro atoms. The van der Waals surface area contributed by atoms with Gasteiger partial charge in [0.05, 0.1) is 56.8 Å². The van der Waals surface area contributed by atoms with Crippen molar-refractivity contribution in [2.75, 3.05) is 36.2 Å². The Labute approximate surface area is 490 Å². The summed E-state index contributed by atoms with van der Waals surface area (Å²) in [5.41, 5.74) is 0.713. The largest absolute Gasteiger partial charge is 0.493 e. The summed E-state index contributed by atoms with van der Waals surface area (Å²) in [6, 6.07) is 15.8. The summed E-state index contributed by atoms with van der Waals surface area (Å²) < 4.78 is 216. The monoisotopic (exact) mass is 1330 g/mol. The maximum absolute atomic E-state index is 12.7. The van der Waals surface area contributed by atoms with Gasteiger partial charge in [-0.25, -0.2) is 9.97 Å². The molecule has 0 atom stereocenters. The topological polar surface area (TPSA) is 493 Å². The summed E-state index contributed by atoms with van der Waals surface area (Å²) in [6.45, 7) is 2.33. The van der Waals surface area contributed by atoms with E-state index in [4.69, 9.17) is 9.47 Å². The first kappa shape index (κ1) is 63.7. The fourth-order valence-electron chi connectivity index (χ4n) is 8.09. The summed E-state index contributed by atoms with van der Waals surface area (Å²) >= 11 is 1.39. The van der Waals surface area contributed by atoms with Crippen molar-refractivity contribution in [3.8, 4) is 23.4 Å². The predicted octanol–water partition coefficient (Wildman–Crippen LogP) is 9.11. The molecular formula is C46H42N10O21S8. The molecule has 0 unspecified atom stereocenters. The number of fused-ring (bicyclic) bond motifs is 6. The zero-order chi connectivity index (χ0) is 62.2. The van der Waals surface area contributed by atoms with Crippen LogP contribution in [0.5, 0.6) is 17.4 Å². The van der Waals surface area contributed by atoms with E-state index in [0.29, 0.717) is 40.1 Å². The van der Waals surface area contributed by atoms with Crippen molar-refractivity contribution in [3.63, 3.8) is 0 Å². The van der Waals surface area contributed by atoms with Gasteiger partial charge in [-0.3, -0.25) is 31.7 Å². The highest BCUT2D eigenvalue weighted by Gasteiger charge is 2.28. The molecule has 85 heavy (non-hydrogen) atoms. The van der Waals surface area contributed by atoms with Crippen LogP contribution in [0, 0.1) is 25.2 Å². The van der Waals surface area contributed by atoms with Crippen LogP contribution in [0.3, 0.4) is 0 Å². The molecule has 0 radical (unpaired) electrons. The number of thioether (sulfide) groups is 1. The molecule has 450 valence electrons. The van der Waals surface area contributed by atoms with Gasteiger partial charge in [-0.2, -0.15) is 60.9 Å². The number of nitrogens with zero attached hydrogens (tertiary/aromatic N) is 10. The summed E-state index contributed by atoms with van der Waals surface area (Å²) in [6.07, 6.45) is -0.682. The Morgan fingerprint density at radius 3 is 1.79 bits per heavy atom. The molecule has 31 nitrogen and oxygen atoms in total. The molecule has 0 bridgehead atoms. The number of nitriles is 1. The number of benzene rings is 5. The lowest BCUT2D eigenvalue weighted by atomic mass is 10.1. The van der Waals surface area contributed by atoms with Gasteiger partial charge in [0.15, 0.2) is 11.3 Å². The van der Waals surface area contributed by atoms with Crippen molar-refractivity contribution in [2.24, 2.45) is 30.7 Å². The minimum absolute atomic E-state index is 0.0113. The van der Waals surface area contributed by atoms with Crippen LogP contribution in [0.2, 0.25) is 0 Å². The second kappa shape index (κ2) is 24.6. The molecule has 8 rings (SSSR count). The predicted molar refractivity (Wildman–Crippen MR) is 305 cm³/mol. The van der Waals surface area contributed by atoms with E-state index < -0.39 is 127 Å². The van der Waals surface area contributed by atoms with Gasteiger partial charge in [0.25, 0.3) is 60.7 Å². The maximum atomic E-state index is 12.7. The molecule has 0 amide bonds. The van der Waals surface area contributed by atoms with Crippen molar-refractivity contribution < 1.29 is 92.4 Å². The Morgan fingerprint density at radius 2 is 1.19 bits per heavy atom. The van der Waals surface area contributed by atoms with Crippen LogP contribution >= 0.6 is 23.1 Å². The third kappa shape index (κ3) is 15.4. The van der Waals surface area contributed by atoms with Crippen molar-refractivity contribution in [1.29, 1.82) is 5.26 Å². The number of imidazole rings is 1. The molecule has 0 saturated heterocycles. The Balaban J connectivity index is 1.25. The van der Waals surface area contributed by atoms with Gasteiger partial charge in [0.1, 0.15) is 55.5 Å². The van der Waals surface area contributed by atoms with Crippen LogP contribution in [0.25, 0.3) is 37.7 Å². The molecule has 7 N–H and O–H groups in total. The second-order valence-corrected chi connectivity index (χ2v) is 29.0. The minimum atomic E-state index is -5.37. The van der Waals surface area contributed by atoms with Crippen molar-refractivity contribution in [1.82, 2.24) is 14.4 Å². The number of pyridine rings is 1. The van der Waals surface area contributed by atoms with E-state index in [1.165, 1.54) is 35.6 Å². The second-order valence-electron chi connectivity index (χ2n) is 18.0. The molecule has 0 aliphatic heterocycles. The van der Waals surface area contributed by atoms with Gasteiger partial charge in [0, 0.05) is 33.4 Å². The van der Waals surface area contributed by atoms with Crippen LogP contribution in [0.1, 0.15) is 36.0 Å². The van der Waals surface area contributed by atoms with E-state index >= 15 is 0 Å². The van der Waals surface area contributed by atoms with Crippen LogP contribution in [-0.4, -0.2) is 134 Å². The number of para-hydroxylation sites is 2. The van der Waals surface area contributed by atoms with Crippen LogP contribution in [0.15, 0.2) is 117 Å². The van der Waals surface area contributed by atoms with Gasteiger partial charge in [0.2, 0.25) is 11.0 Å². The van der Waals surface area contributed by atoms with E-state index in [0.717, 1.165) is 17.8 Å². The zero-order valence-electron chi connectivity index (χ0n) is 43.3. The van der Waals surface area contributed by atoms with Crippen molar-refractivity contribution >= 4 is 155 Å². The number of aromatic nitrogens is 3. The quantitative estimate of drug-likeness (QED) is 0.0128. The third-order valence-electron chi connectivity index (χ3n) is 11.9. The average Bonchev–Trinajstić information content (AvgIpc) is 2.98. The molecule has 0 saturated carbocycles. The molecular weight excluding hydrogens is 1290 g/mol. The summed E-state index contributed by atoms with van der Waals surface area (Å²) in [5, 5.41) is 45.9. The fourth-order valence-corrected chi connectivity index (χ4v) is 13.7. The van der Waals surface area contributed by atoms with Gasteiger partial charge in [-0.15, -0.1) is 37.3 Å². The lowest BCUT2D eigenvalue weighted by Gasteiger charge is -2.13. The fraction of sp³-hybridized carbons (Fsp3) is 0.239. The van der Waals surface area contributed by atoms with Crippen molar-refractivity contribution in [2.45, 2.75) is 52.7 Å². The van der Waals surface area contributed by atoms with Gasteiger partial charge in [-0.1, -0.05) is 23.5 Å². The molecule has 5 aromatic carbocycles. The Hall–Kier alpha value is -7.30. The minimum Gasteiger partial charge on any atom is -0.493 e. The first-order valence-corrected chi connectivity index (χ1v) is 34.7. The normalized spacial score (nSPS) is 13.2. The Kier molecular flexibility index (Phi) is 18.4. The molecule has 8 aromatic rings. The SMILES string of the molecule is Cc1cc(N=Nc2c(C)c(C#N)c3nc4ccccc4n3c2O)c(OCCCS(=O)(=O)O)cc1N=Nc1cc(OCCCS(=O)(=O)O)c(N=Nc2nc3c(S(=O)(=O)O)cc4c(S(=O)(=O)O)cc(S(=O)(=O)O)cc4c3s2)cc1SCCCS(=O)(=O)O. The highest BCUT2D eigenvalue weighted by Crippen LogP contribution is 2.46. The summed E-state index contributed by atoms with van der Waals surface area (Å²) in [7, 11) is -29.3. The van der Waals surface area contributed by atoms with Crippen LogP contribution in [-0.2, 0) is 60.7 Å². The number of hydrogen-bond donors (Lipinski definition) is 7. The molecule has 39 heteroatoms. The Morgan fingerprint density at radius 1 is 0.624 bits per heavy atom. The van der Waals surface area contributed by atoms with Gasteiger partial charge < -0.3 is 14.6 Å². The molecule has 0 fully saturated rings. The lowest BCUT2D eigenvalue weighted by molar-refractivity contribution is 0.317. The maximum Gasteiger partial charge on any atom is 0.296 e. The van der Waals surface area contributed by atoms with Crippen LogP contribution < -0.4 is 9.47 Å². The zero-order valence-corrected chi connectivity index (χ0v) is 49.8. The third-order valence-corrected chi connectivity index (χ3v) is 19.0. The molecule has 0 aliphatic carbocycles. The number of thiazole rings is 1. The average molecular weight is 1330 g/mol. The van der Waals surface area contributed by atoms with Gasteiger partial charge >= 0.3 is 0 Å². The number of hydrogen-bond acceptors (Lipinski definition) is 26. The van der Waals surface area contributed by atoms with Gasteiger partial charge in [-0.05, 0) is 86.9 Å². The number of aromatic hydroxyl groups is 1. The summed E-state index contributed by atoms with van der Waals surface area (Å²) in [5.74, 6) is -2.94. The molecule has 3 heterocycles. The first-order valence-electron chi connectivity index (χ1n) is 23.8. The molecule has 3 aromatic heterocycles. The van der Waals surface area contributed by atoms with Crippen LogP contribution in [0.4, 0.5) is 33.6 Å².